The van der Waals surface area contributed by atoms with Crippen LogP contribution in [0.5, 0.6) is 0 Å². The van der Waals surface area contributed by atoms with Crippen LogP contribution in [0.25, 0.3) is 0 Å². The van der Waals surface area contributed by atoms with E-state index in [2.05, 4.69) is 27.9 Å². The number of hydrogen-bond acceptors (Lipinski definition) is 1. The molecule has 0 aromatic heterocycles. The lowest BCUT2D eigenvalue weighted by atomic mass is 10.1. The van der Waals surface area contributed by atoms with Crippen LogP contribution >= 0.6 is 57.4 Å². The van der Waals surface area contributed by atoms with Gasteiger partial charge in [-0.1, -0.05) is 34.8 Å². The fraction of sp³-hybridized carbons (Fsp3) is 0.143. The Hall–Kier alpha value is -0.230. The van der Waals surface area contributed by atoms with Gasteiger partial charge >= 0.3 is 0 Å². The molecule has 1 unspecified atom stereocenters. The predicted octanol–water partition coefficient (Wildman–Crippen LogP) is 6.56. The van der Waals surface area contributed by atoms with Gasteiger partial charge in [0, 0.05) is 8.59 Å². The van der Waals surface area contributed by atoms with Crippen molar-refractivity contribution in [2.75, 3.05) is 5.32 Å². The molecule has 6 heteroatoms. The summed E-state index contributed by atoms with van der Waals surface area (Å²) < 4.78 is 14.6. The molecule has 2 rings (SSSR count). The van der Waals surface area contributed by atoms with Crippen molar-refractivity contribution in [2.24, 2.45) is 0 Å². The van der Waals surface area contributed by atoms with Crippen LogP contribution in [0.3, 0.4) is 0 Å². The van der Waals surface area contributed by atoms with E-state index in [-0.39, 0.29) is 11.1 Å². The molecule has 0 fully saturated rings. The fourth-order valence-electron chi connectivity index (χ4n) is 1.79. The third-order valence-corrected chi connectivity index (χ3v) is 4.41. The maximum absolute atomic E-state index is 13.5. The van der Waals surface area contributed by atoms with Crippen LogP contribution in [0, 0.1) is 9.39 Å². The van der Waals surface area contributed by atoms with E-state index in [9.17, 15) is 4.39 Å². The van der Waals surface area contributed by atoms with Crippen molar-refractivity contribution in [3.05, 3.63) is 60.4 Å². The van der Waals surface area contributed by atoms with Gasteiger partial charge in [-0.25, -0.2) is 4.39 Å². The van der Waals surface area contributed by atoms with Gasteiger partial charge in [0.2, 0.25) is 0 Å². The summed E-state index contributed by atoms with van der Waals surface area (Å²) in [5.74, 6) is -0.492. The van der Waals surface area contributed by atoms with Crippen molar-refractivity contribution in [2.45, 2.75) is 13.0 Å². The smallest absolute Gasteiger partial charge is 0.142 e. The van der Waals surface area contributed by atoms with Crippen LogP contribution in [0.2, 0.25) is 15.1 Å². The first-order chi connectivity index (χ1) is 9.38. The first-order valence-electron chi connectivity index (χ1n) is 5.74. The standard InChI is InChI=1S/C14H10Cl3FIN/c1-7(9-5-13(18)11(16)6-10(9)15)20-14-3-2-8(19)4-12(14)17/h2-7,20H,1H3. The van der Waals surface area contributed by atoms with Crippen LogP contribution in [-0.4, -0.2) is 0 Å². The first kappa shape index (κ1) is 16.1. The van der Waals surface area contributed by atoms with E-state index in [0.29, 0.717) is 15.6 Å². The summed E-state index contributed by atoms with van der Waals surface area (Å²) in [6.07, 6.45) is 0. The van der Waals surface area contributed by atoms with Gasteiger partial charge in [-0.2, -0.15) is 0 Å². The molecule has 0 spiro atoms. The van der Waals surface area contributed by atoms with Gasteiger partial charge in [-0.3, -0.25) is 0 Å². The number of nitrogens with one attached hydrogen (secondary N) is 1. The van der Waals surface area contributed by atoms with E-state index in [1.165, 1.54) is 12.1 Å². The molecule has 1 N–H and O–H groups in total. The Morgan fingerprint density at radius 1 is 1.05 bits per heavy atom. The molecule has 1 atom stereocenters. The van der Waals surface area contributed by atoms with E-state index >= 15 is 0 Å². The Kier molecular flexibility index (Phi) is 5.40. The minimum atomic E-state index is -0.492. The molecular weight excluding hydrogens is 434 g/mol. The summed E-state index contributed by atoms with van der Waals surface area (Å²) in [4.78, 5) is 0. The molecule has 0 aliphatic rings. The van der Waals surface area contributed by atoms with Gasteiger partial charge < -0.3 is 5.32 Å². The minimum absolute atomic E-state index is 0.0123. The molecule has 0 bridgehead atoms. The summed E-state index contributed by atoms with van der Waals surface area (Å²) in [6, 6.07) is 8.20. The molecule has 0 aliphatic heterocycles. The Morgan fingerprint density at radius 2 is 1.75 bits per heavy atom. The van der Waals surface area contributed by atoms with Crippen LogP contribution in [0.1, 0.15) is 18.5 Å². The third-order valence-electron chi connectivity index (χ3n) is 2.81. The Morgan fingerprint density at radius 3 is 2.40 bits per heavy atom. The summed E-state index contributed by atoms with van der Waals surface area (Å²) >= 11 is 20.1. The van der Waals surface area contributed by atoms with Crippen molar-refractivity contribution < 1.29 is 4.39 Å². The average molecular weight is 445 g/mol. The summed E-state index contributed by atoms with van der Waals surface area (Å²) in [5, 5.41) is 4.24. The number of rotatable bonds is 3. The van der Waals surface area contributed by atoms with Gasteiger partial charge in [0.05, 0.1) is 21.8 Å². The predicted molar refractivity (Wildman–Crippen MR) is 92.6 cm³/mol. The molecule has 1 nitrogen and oxygen atoms in total. The second-order valence-corrected chi connectivity index (χ2v) is 6.75. The van der Waals surface area contributed by atoms with Gasteiger partial charge in [0.1, 0.15) is 5.82 Å². The number of anilines is 1. The second-order valence-electron chi connectivity index (χ2n) is 4.28. The van der Waals surface area contributed by atoms with Crippen molar-refractivity contribution >= 4 is 63.1 Å². The molecule has 0 aliphatic carbocycles. The van der Waals surface area contributed by atoms with E-state index in [0.717, 1.165) is 9.26 Å². The fourth-order valence-corrected chi connectivity index (χ4v) is 3.24. The Labute approximate surface area is 145 Å². The quantitative estimate of drug-likeness (QED) is 0.417. The van der Waals surface area contributed by atoms with E-state index in [1.807, 2.05) is 25.1 Å². The topological polar surface area (TPSA) is 12.0 Å². The van der Waals surface area contributed by atoms with Gasteiger partial charge in [0.15, 0.2) is 0 Å². The summed E-state index contributed by atoms with van der Waals surface area (Å²) in [5.41, 5.74) is 1.40. The van der Waals surface area contributed by atoms with Gasteiger partial charge in [0.25, 0.3) is 0 Å². The maximum Gasteiger partial charge on any atom is 0.142 e. The monoisotopic (exact) mass is 443 g/mol. The largest absolute Gasteiger partial charge is 0.377 e. The third kappa shape index (κ3) is 3.70. The zero-order chi connectivity index (χ0) is 14.9. The van der Waals surface area contributed by atoms with Crippen molar-refractivity contribution in [1.82, 2.24) is 0 Å². The van der Waals surface area contributed by atoms with Crippen LogP contribution in [0.4, 0.5) is 10.1 Å². The lowest BCUT2D eigenvalue weighted by Gasteiger charge is -2.18. The molecule has 20 heavy (non-hydrogen) atoms. The molecule has 0 radical (unpaired) electrons. The highest BCUT2D eigenvalue weighted by molar-refractivity contribution is 14.1. The maximum atomic E-state index is 13.5. The number of benzene rings is 2. The Bertz CT molecular complexity index is 649. The highest BCUT2D eigenvalue weighted by atomic mass is 127. The van der Waals surface area contributed by atoms with E-state index in [4.69, 9.17) is 34.8 Å². The van der Waals surface area contributed by atoms with Crippen LogP contribution < -0.4 is 5.32 Å². The first-order valence-corrected chi connectivity index (χ1v) is 7.95. The molecule has 2 aromatic rings. The normalized spacial score (nSPS) is 12.3. The molecular formula is C14H10Cl3FIN. The lowest BCUT2D eigenvalue weighted by Crippen LogP contribution is -2.08. The Balaban J connectivity index is 2.28. The zero-order valence-electron chi connectivity index (χ0n) is 10.4. The molecule has 106 valence electrons. The molecule has 0 saturated carbocycles. The molecule has 2 aromatic carbocycles. The molecule has 0 heterocycles. The van der Waals surface area contributed by atoms with Crippen molar-refractivity contribution in [3.8, 4) is 0 Å². The zero-order valence-corrected chi connectivity index (χ0v) is 14.8. The van der Waals surface area contributed by atoms with Crippen molar-refractivity contribution in [1.29, 1.82) is 0 Å². The second kappa shape index (κ2) is 6.69. The summed E-state index contributed by atoms with van der Waals surface area (Å²) in [7, 11) is 0. The highest BCUT2D eigenvalue weighted by Crippen LogP contribution is 2.32. The van der Waals surface area contributed by atoms with Gasteiger partial charge in [-0.05, 0) is 65.4 Å². The molecule has 0 amide bonds. The minimum Gasteiger partial charge on any atom is -0.377 e. The van der Waals surface area contributed by atoms with Gasteiger partial charge in [-0.15, -0.1) is 0 Å². The van der Waals surface area contributed by atoms with Crippen LogP contribution in [-0.2, 0) is 0 Å². The lowest BCUT2D eigenvalue weighted by molar-refractivity contribution is 0.624. The van der Waals surface area contributed by atoms with E-state index in [1.54, 1.807) is 0 Å². The highest BCUT2D eigenvalue weighted by Gasteiger charge is 2.14. The number of halogens is 5. The van der Waals surface area contributed by atoms with Crippen LogP contribution in [0.15, 0.2) is 30.3 Å². The number of hydrogen-bond donors (Lipinski definition) is 1. The summed E-state index contributed by atoms with van der Waals surface area (Å²) in [6.45, 7) is 1.88. The average Bonchev–Trinajstić information content (AvgIpc) is 2.37. The van der Waals surface area contributed by atoms with E-state index < -0.39 is 5.82 Å². The SMILES string of the molecule is CC(Nc1ccc(I)cc1Cl)c1cc(F)c(Cl)cc1Cl. The molecule has 0 saturated heterocycles. The van der Waals surface area contributed by atoms with Crippen molar-refractivity contribution in [3.63, 3.8) is 0 Å².